The normalized spacial score (nSPS) is 20.8. The largest absolute Gasteiger partial charge is 0.365 e. The zero-order valence-electron chi connectivity index (χ0n) is 11.6. The molecule has 0 aromatic heterocycles. The Morgan fingerprint density at radius 1 is 1.10 bits per heavy atom. The lowest BCUT2D eigenvalue weighted by Crippen LogP contribution is -2.27. The lowest BCUT2D eigenvalue weighted by Gasteiger charge is -2.31. The van der Waals surface area contributed by atoms with E-state index in [1.165, 1.54) is 23.3 Å². The Balaban J connectivity index is 1.97. The first-order chi connectivity index (χ1) is 9.70. The van der Waals surface area contributed by atoms with E-state index in [1.807, 2.05) is 18.2 Å². The van der Waals surface area contributed by atoms with Crippen LogP contribution in [0.4, 0.5) is 10.1 Å². The first-order valence-corrected chi connectivity index (χ1v) is 7.07. The summed E-state index contributed by atoms with van der Waals surface area (Å²) in [6.07, 6.45) is 0.907. The van der Waals surface area contributed by atoms with Crippen molar-refractivity contribution in [1.29, 1.82) is 0 Å². The van der Waals surface area contributed by atoms with E-state index in [4.69, 9.17) is 5.73 Å². The molecule has 0 bridgehead atoms. The second-order valence-corrected chi connectivity index (χ2v) is 5.25. The zero-order valence-corrected chi connectivity index (χ0v) is 11.6. The molecule has 0 amide bonds. The molecular formula is C17H19FN2. The van der Waals surface area contributed by atoms with Crippen molar-refractivity contribution in [3.8, 4) is 0 Å². The van der Waals surface area contributed by atoms with Crippen molar-refractivity contribution in [2.24, 2.45) is 5.73 Å². The molecule has 0 heterocycles. The van der Waals surface area contributed by atoms with Crippen LogP contribution in [0.5, 0.6) is 0 Å². The van der Waals surface area contributed by atoms with Crippen LogP contribution in [0.1, 0.15) is 36.6 Å². The molecule has 0 radical (unpaired) electrons. The van der Waals surface area contributed by atoms with E-state index in [1.54, 1.807) is 0 Å². The predicted molar refractivity (Wildman–Crippen MR) is 80.1 cm³/mol. The molecule has 0 fully saturated rings. The molecule has 2 aromatic carbocycles. The van der Waals surface area contributed by atoms with E-state index in [2.05, 4.69) is 30.0 Å². The van der Waals surface area contributed by atoms with Crippen LogP contribution < -0.4 is 10.6 Å². The van der Waals surface area contributed by atoms with Crippen LogP contribution in [0.15, 0.2) is 48.5 Å². The quantitative estimate of drug-likeness (QED) is 0.919. The SMILES string of the molecule is CCN(c1ccc(F)cc1)C1CC(N)c2ccccc21. The van der Waals surface area contributed by atoms with Gasteiger partial charge in [0.15, 0.2) is 0 Å². The summed E-state index contributed by atoms with van der Waals surface area (Å²) in [7, 11) is 0. The van der Waals surface area contributed by atoms with E-state index >= 15 is 0 Å². The van der Waals surface area contributed by atoms with Gasteiger partial charge in [-0.25, -0.2) is 4.39 Å². The minimum Gasteiger partial charge on any atom is -0.365 e. The van der Waals surface area contributed by atoms with Crippen molar-refractivity contribution < 1.29 is 4.39 Å². The Hall–Kier alpha value is -1.87. The number of anilines is 1. The second-order valence-electron chi connectivity index (χ2n) is 5.25. The minimum absolute atomic E-state index is 0.0886. The molecule has 2 N–H and O–H groups in total. The molecule has 2 nitrogen and oxygen atoms in total. The monoisotopic (exact) mass is 270 g/mol. The average Bonchev–Trinajstić information content (AvgIpc) is 2.80. The van der Waals surface area contributed by atoms with Gasteiger partial charge in [-0.3, -0.25) is 0 Å². The highest BCUT2D eigenvalue weighted by atomic mass is 19.1. The van der Waals surface area contributed by atoms with Crippen molar-refractivity contribution in [2.75, 3.05) is 11.4 Å². The topological polar surface area (TPSA) is 29.3 Å². The number of rotatable bonds is 3. The van der Waals surface area contributed by atoms with Crippen molar-refractivity contribution in [3.63, 3.8) is 0 Å². The number of fused-ring (bicyclic) bond motifs is 1. The molecule has 1 aliphatic rings. The average molecular weight is 270 g/mol. The Kier molecular flexibility index (Phi) is 3.45. The van der Waals surface area contributed by atoms with Crippen molar-refractivity contribution in [2.45, 2.75) is 25.4 Å². The van der Waals surface area contributed by atoms with Crippen molar-refractivity contribution in [1.82, 2.24) is 0 Å². The Morgan fingerprint density at radius 2 is 1.75 bits per heavy atom. The molecule has 1 aliphatic carbocycles. The van der Waals surface area contributed by atoms with Gasteiger partial charge in [-0.1, -0.05) is 24.3 Å². The molecule has 2 aromatic rings. The molecular weight excluding hydrogens is 251 g/mol. The third-order valence-electron chi connectivity index (χ3n) is 4.11. The highest BCUT2D eigenvalue weighted by molar-refractivity contribution is 5.52. The van der Waals surface area contributed by atoms with E-state index < -0.39 is 0 Å². The maximum atomic E-state index is 13.1. The van der Waals surface area contributed by atoms with Crippen molar-refractivity contribution in [3.05, 3.63) is 65.5 Å². The van der Waals surface area contributed by atoms with Gasteiger partial charge in [-0.05, 0) is 48.7 Å². The lowest BCUT2D eigenvalue weighted by atomic mass is 10.1. The number of benzene rings is 2. The van der Waals surface area contributed by atoms with Gasteiger partial charge in [0.05, 0.1) is 6.04 Å². The van der Waals surface area contributed by atoms with Crippen LogP contribution in [-0.2, 0) is 0 Å². The maximum Gasteiger partial charge on any atom is 0.123 e. The number of halogens is 1. The molecule has 3 heteroatoms. The lowest BCUT2D eigenvalue weighted by molar-refractivity contribution is 0.572. The maximum absolute atomic E-state index is 13.1. The van der Waals surface area contributed by atoms with Crippen molar-refractivity contribution >= 4 is 5.69 Å². The number of nitrogens with two attached hydrogens (primary N) is 1. The third-order valence-corrected chi connectivity index (χ3v) is 4.11. The van der Waals surface area contributed by atoms with Gasteiger partial charge < -0.3 is 10.6 Å². The minimum atomic E-state index is -0.201. The summed E-state index contributed by atoms with van der Waals surface area (Å²) >= 11 is 0. The van der Waals surface area contributed by atoms with Gasteiger partial charge >= 0.3 is 0 Å². The Bertz CT molecular complexity index is 594. The van der Waals surface area contributed by atoms with Gasteiger partial charge in [0, 0.05) is 18.3 Å². The molecule has 0 aliphatic heterocycles. The summed E-state index contributed by atoms with van der Waals surface area (Å²) in [6.45, 7) is 2.99. The van der Waals surface area contributed by atoms with Gasteiger partial charge in [0.25, 0.3) is 0 Å². The molecule has 3 rings (SSSR count). The summed E-state index contributed by atoms with van der Waals surface area (Å²) in [5.74, 6) is -0.201. The summed E-state index contributed by atoms with van der Waals surface area (Å²) in [5, 5.41) is 0. The number of hydrogen-bond donors (Lipinski definition) is 1. The van der Waals surface area contributed by atoms with Crippen LogP contribution in [0.2, 0.25) is 0 Å². The summed E-state index contributed by atoms with van der Waals surface area (Å²) in [5.41, 5.74) is 9.82. The van der Waals surface area contributed by atoms with Crippen LogP contribution >= 0.6 is 0 Å². The molecule has 0 saturated carbocycles. The van der Waals surface area contributed by atoms with Crippen LogP contribution in [0, 0.1) is 5.82 Å². The number of nitrogens with zero attached hydrogens (tertiary/aromatic N) is 1. The van der Waals surface area contributed by atoms with Crippen LogP contribution in [-0.4, -0.2) is 6.54 Å². The van der Waals surface area contributed by atoms with Crippen LogP contribution in [0.25, 0.3) is 0 Å². The third kappa shape index (κ3) is 2.18. The summed E-state index contributed by atoms with van der Waals surface area (Å²) in [6, 6.07) is 15.4. The molecule has 20 heavy (non-hydrogen) atoms. The van der Waals surface area contributed by atoms with Gasteiger partial charge in [0.1, 0.15) is 5.82 Å². The van der Waals surface area contributed by atoms with E-state index in [0.717, 1.165) is 18.7 Å². The molecule has 0 spiro atoms. The number of hydrogen-bond acceptors (Lipinski definition) is 2. The van der Waals surface area contributed by atoms with Gasteiger partial charge in [-0.2, -0.15) is 0 Å². The highest BCUT2D eigenvalue weighted by Gasteiger charge is 2.32. The first-order valence-electron chi connectivity index (χ1n) is 7.07. The van der Waals surface area contributed by atoms with E-state index in [9.17, 15) is 4.39 Å². The standard InChI is InChI=1S/C17H19FN2/c1-2-20(13-9-7-12(18)8-10-13)17-11-16(19)14-5-3-4-6-15(14)17/h3-10,16-17H,2,11,19H2,1H3. The van der Waals surface area contributed by atoms with Gasteiger partial charge in [-0.15, -0.1) is 0 Å². The fourth-order valence-corrected chi connectivity index (χ4v) is 3.16. The second kappa shape index (κ2) is 5.25. The molecule has 104 valence electrons. The zero-order chi connectivity index (χ0) is 14.1. The first kappa shape index (κ1) is 13.1. The van der Waals surface area contributed by atoms with Crippen LogP contribution in [0.3, 0.4) is 0 Å². The Labute approximate surface area is 119 Å². The fraction of sp³-hybridized carbons (Fsp3) is 0.294. The highest BCUT2D eigenvalue weighted by Crippen LogP contribution is 2.42. The summed E-state index contributed by atoms with van der Waals surface area (Å²) < 4.78 is 13.1. The fourth-order valence-electron chi connectivity index (χ4n) is 3.16. The van der Waals surface area contributed by atoms with Gasteiger partial charge in [0.2, 0.25) is 0 Å². The molecule has 0 saturated heterocycles. The smallest absolute Gasteiger partial charge is 0.123 e. The Morgan fingerprint density at radius 3 is 2.40 bits per heavy atom. The van der Waals surface area contributed by atoms with E-state index in [0.29, 0.717) is 0 Å². The molecule has 2 atom stereocenters. The summed E-state index contributed by atoms with van der Waals surface area (Å²) in [4.78, 5) is 2.30. The molecule has 2 unspecified atom stereocenters. The van der Waals surface area contributed by atoms with E-state index in [-0.39, 0.29) is 17.9 Å². The predicted octanol–water partition coefficient (Wildman–Crippen LogP) is 3.80.